The van der Waals surface area contributed by atoms with Crippen LogP contribution in [-0.2, 0) is 0 Å². The third kappa shape index (κ3) is 3.67. The van der Waals surface area contributed by atoms with Crippen LogP contribution in [0, 0.1) is 0 Å². The summed E-state index contributed by atoms with van der Waals surface area (Å²) in [5.41, 5.74) is 9.50. The van der Waals surface area contributed by atoms with Crippen molar-refractivity contribution in [2.45, 2.75) is 9.79 Å². The van der Waals surface area contributed by atoms with Crippen LogP contribution >= 0.6 is 23.1 Å². The van der Waals surface area contributed by atoms with Gasteiger partial charge in [-0.3, -0.25) is 0 Å². The molecule has 0 saturated heterocycles. The first kappa shape index (κ1) is 25.8. The number of benzene rings is 8. The molecule has 11 rings (SSSR count). The Morgan fingerprint density at radius 2 is 1.09 bits per heavy atom. The topological polar surface area (TPSA) is 13.1 Å². The Hall–Kier alpha value is -5.35. The van der Waals surface area contributed by atoms with Gasteiger partial charge in [-0.1, -0.05) is 121 Å². The Labute approximate surface area is 278 Å². The average Bonchev–Trinajstić information content (AvgIpc) is 3.70. The monoisotopic (exact) mass is 632 g/mol. The van der Waals surface area contributed by atoms with Crippen LogP contribution in [0.25, 0.3) is 97.0 Å². The fourth-order valence-corrected chi connectivity index (χ4v) is 10.1. The van der Waals surface area contributed by atoms with Crippen LogP contribution in [-0.4, -0.2) is 0 Å². The van der Waals surface area contributed by atoms with E-state index in [9.17, 15) is 0 Å². The molecule has 8 aromatic carbocycles. The molecule has 10 aromatic rings. The largest absolute Gasteiger partial charge is 0.456 e. The molecule has 2 aromatic heterocycles. The van der Waals surface area contributed by atoms with E-state index in [4.69, 9.17) is 4.42 Å². The maximum atomic E-state index is 6.39. The molecule has 1 aliphatic heterocycles. The zero-order chi connectivity index (χ0) is 30.6. The highest BCUT2D eigenvalue weighted by Gasteiger charge is 2.21. The van der Waals surface area contributed by atoms with Gasteiger partial charge in [0.25, 0.3) is 0 Å². The lowest BCUT2D eigenvalue weighted by Crippen LogP contribution is -1.93. The normalized spacial score (nSPS) is 12.6. The van der Waals surface area contributed by atoms with Crippen molar-refractivity contribution in [1.82, 2.24) is 0 Å². The van der Waals surface area contributed by atoms with Gasteiger partial charge in [0.1, 0.15) is 11.2 Å². The fraction of sp³-hybridized carbons (Fsp3) is 0. The molecule has 47 heavy (non-hydrogen) atoms. The first-order valence-electron chi connectivity index (χ1n) is 15.9. The van der Waals surface area contributed by atoms with Crippen molar-refractivity contribution < 1.29 is 4.42 Å². The van der Waals surface area contributed by atoms with Crippen LogP contribution in [0.15, 0.2) is 160 Å². The minimum atomic E-state index is 0.929. The molecule has 0 amide bonds. The summed E-state index contributed by atoms with van der Waals surface area (Å²) in [6.07, 6.45) is 0. The Morgan fingerprint density at radius 3 is 1.98 bits per heavy atom. The van der Waals surface area contributed by atoms with Crippen molar-refractivity contribution in [2.75, 3.05) is 0 Å². The van der Waals surface area contributed by atoms with Gasteiger partial charge in [0, 0.05) is 46.1 Å². The Morgan fingerprint density at radius 1 is 0.383 bits per heavy atom. The van der Waals surface area contributed by atoms with Gasteiger partial charge >= 0.3 is 0 Å². The second-order valence-corrected chi connectivity index (χ2v) is 14.6. The number of furan rings is 1. The third-order valence-corrected chi connectivity index (χ3v) is 12.1. The molecule has 0 N–H and O–H groups in total. The molecule has 0 fully saturated rings. The van der Waals surface area contributed by atoms with Gasteiger partial charge in [-0.15, -0.1) is 11.3 Å². The second kappa shape index (κ2) is 9.59. The maximum Gasteiger partial charge on any atom is 0.136 e. The molecule has 0 saturated carbocycles. The zero-order valence-electron chi connectivity index (χ0n) is 25.1. The van der Waals surface area contributed by atoms with Gasteiger partial charge in [-0.05, 0) is 85.9 Å². The van der Waals surface area contributed by atoms with Crippen molar-refractivity contribution in [2.24, 2.45) is 0 Å². The Bertz CT molecular complexity index is 2940. The van der Waals surface area contributed by atoms with Crippen molar-refractivity contribution >= 4 is 86.8 Å². The quantitative estimate of drug-likeness (QED) is 0.188. The molecule has 3 heterocycles. The third-order valence-electron chi connectivity index (χ3n) is 9.88. The molecule has 0 atom stereocenters. The van der Waals surface area contributed by atoms with Crippen LogP contribution in [0.4, 0.5) is 0 Å². The smallest absolute Gasteiger partial charge is 0.136 e. The van der Waals surface area contributed by atoms with Gasteiger partial charge in [-0.25, -0.2) is 0 Å². The molecule has 0 unspecified atom stereocenters. The molecular weight excluding hydrogens is 609 g/mol. The fourth-order valence-electron chi connectivity index (χ4n) is 7.77. The molecule has 3 heteroatoms. The predicted molar refractivity (Wildman–Crippen MR) is 202 cm³/mol. The summed E-state index contributed by atoms with van der Waals surface area (Å²) in [5, 5.41) is 10.1. The first-order chi connectivity index (χ1) is 23.3. The molecule has 0 spiro atoms. The highest BCUT2D eigenvalue weighted by Crippen LogP contribution is 2.50. The summed E-state index contributed by atoms with van der Waals surface area (Å²) in [6.45, 7) is 0. The van der Waals surface area contributed by atoms with Crippen molar-refractivity contribution in [3.63, 3.8) is 0 Å². The first-order valence-corrected chi connectivity index (χ1v) is 17.5. The molecule has 218 valence electrons. The van der Waals surface area contributed by atoms with Crippen molar-refractivity contribution in [1.29, 1.82) is 0 Å². The summed E-state index contributed by atoms with van der Waals surface area (Å²) in [7, 11) is 0. The molecule has 0 aliphatic carbocycles. The van der Waals surface area contributed by atoms with E-state index in [2.05, 4.69) is 146 Å². The minimum absolute atomic E-state index is 0.929. The van der Waals surface area contributed by atoms with Crippen LogP contribution in [0.5, 0.6) is 0 Å². The molecule has 1 nitrogen and oxygen atoms in total. The number of thiophene rings is 1. The predicted octanol–water partition coefficient (Wildman–Crippen LogP) is 13.7. The van der Waals surface area contributed by atoms with E-state index in [-0.39, 0.29) is 0 Å². The SMILES string of the molecule is c1ccc2c(c1)Sc1ccc(-c3ccc4c(c3)sc3cc(-c5cccc6oc7ccc8ccccc8c7c56)ccc34)c3cccc-2c13. The summed E-state index contributed by atoms with van der Waals surface area (Å²) in [6, 6.07) is 53.4. The molecule has 0 bridgehead atoms. The van der Waals surface area contributed by atoms with E-state index in [1.54, 1.807) is 0 Å². The van der Waals surface area contributed by atoms with Crippen molar-refractivity contribution in [3.8, 4) is 33.4 Å². The van der Waals surface area contributed by atoms with Crippen LogP contribution in [0.3, 0.4) is 0 Å². The average molecular weight is 633 g/mol. The summed E-state index contributed by atoms with van der Waals surface area (Å²) >= 11 is 3.77. The lowest BCUT2D eigenvalue weighted by Gasteiger charge is -2.21. The van der Waals surface area contributed by atoms with E-state index in [1.807, 2.05) is 23.1 Å². The standard InChI is InChI=1S/C44H24OS2/c1-2-8-29-25(7-1)17-21-37-43(29)44-30(10-6-13-36(44)45-37)27-16-19-33-32-18-15-26(23-40(32)47-41(33)24-27)28-20-22-39-42-34(28)11-5-12-35(42)31-9-3-4-14-38(31)46-39/h1-24H. The Balaban J connectivity index is 1.08. The molecule has 0 radical (unpaired) electrons. The van der Waals surface area contributed by atoms with Crippen molar-refractivity contribution in [3.05, 3.63) is 146 Å². The van der Waals surface area contributed by atoms with E-state index in [0.29, 0.717) is 0 Å². The lowest BCUT2D eigenvalue weighted by atomic mass is 9.92. The van der Waals surface area contributed by atoms with Crippen LogP contribution in [0.2, 0.25) is 0 Å². The molecular formula is C44H24OS2. The van der Waals surface area contributed by atoms with Crippen LogP contribution < -0.4 is 0 Å². The number of fused-ring (bicyclic) bond motifs is 10. The summed E-state index contributed by atoms with van der Waals surface area (Å²) in [5.74, 6) is 0. The lowest BCUT2D eigenvalue weighted by molar-refractivity contribution is 0.669. The zero-order valence-corrected chi connectivity index (χ0v) is 26.7. The van der Waals surface area contributed by atoms with Gasteiger partial charge in [-0.2, -0.15) is 0 Å². The van der Waals surface area contributed by atoms with Gasteiger partial charge in [0.15, 0.2) is 0 Å². The van der Waals surface area contributed by atoms with Gasteiger partial charge < -0.3 is 4.42 Å². The van der Waals surface area contributed by atoms with E-state index < -0.39 is 0 Å². The maximum absolute atomic E-state index is 6.39. The number of hydrogen-bond donors (Lipinski definition) is 0. The van der Waals surface area contributed by atoms with Gasteiger partial charge in [0.05, 0.1) is 0 Å². The number of hydrogen-bond acceptors (Lipinski definition) is 3. The number of rotatable bonds is 2. The van der Waals surface area contributed by atoms with E-state index >= 15 is 0 Å². The highest BCUT2D eigenvalue weighted by atomic mass is 32.2. The van der Waals surface area contributed by atoms with Crippen LogP contribution in [0.1, 0.15) is 0 Å². The van der Waals surface area contributed by atoms with Gasteiger partial charge in [0.2, 0.25) is 0 Å². The molecule has 1 aliphatic rings. The Kier molecular flexibility index (Phi) is 5.26. The van der Waals surface area contributed by atoms with E-state index in [0.717, 1.165) is 11.2 Å². The van der Waals surface area contributed by atoms with E-state index in [1.165, 1.54) is 95.7 Å². The summed E-state index contributed by atoms with van der Waals surface area (Å²) < 4.78 is 9.00. The second-order valence-electron chi connectivity index (χ2n) is 12.4. The summed E-state index contributed by atoms with van der Waals surface area (Å²) in [4.78, 5) is 2.67. The highest BCUT2D eigenvalue weighted by molar-refractivity contribution is 7.99. The minimum Gasteiger partial charge on any atom is -0.456 e.